The van der Waals surface area contributed by atoms with E-state index in [-0.39, 0.29) is 16.8 Å². The van der Waals surface area contributed by atoms with Crippen LogP contribution in [0.2, 0.25) is 0 Å². The first-order chi connectivity index (χ1) is 15.9. The Bertz CT molecular complexity index is 1240. The molecule has 0 spiro atoms. The largest absolute Gasteiger partial charge is 0.379 e. The van der Waals surface area contributed by atoms with Crippen molar-refractivity contribution in [3.8, 4) is 0 Å². The van der Waals surface area contributed by atoms with Crippen LogP contribution >= 0.6 is 0 Å². The number of hydrogen-bond donors (Lipinski definition) is 1. The van der Waals surface area contributed by atoms with E-state index in [1.807, 2.05) is 68.4 Å². The number of carbonyl (C=O) groups excluding carboxylic acids is 1. The number of nitrogens with zero attached hydrogens (tertiary/aromatic N) is 1. The summed E-state index contributed by atoms with van der Waals surface area (Å²) in [7, 11) is -3.70. The second-order valence-corrected chi connectivity index (χ2v) is 10.1. The first-order valence-corrected chi connectivity index (χ1v) is 12.4. The quantitative estimate of drug-likeness (QED) is 0.601. The molecule has 1 aliphatic heterocycles. The van der Waals surface area contributed by atoms with Gasteiger partial charge in [0.05, 0.1) is 24.2 Å². The molecule has 0 saturated carbocycles. The molecule has 1 saturated heterocycles. The van der Waals surface area contributed by atoms with Gasteiger partial charge in [0.1, 0.15) is 0 Å². The van der Waals surface area contributed by atoms with Crippen LogP contribution in [0.4, 0.5) is 0 Å². The Morgan fingerprint density at radius 3 is 2.27 bits per heavy atom. The molecule has 33 heavy (non-hydrogen) atoms. The van der Waals surface area contributed by atoms with Crippen molar-refractivity contribution < 1.29 is 17.9 Å². The van der Waals surface area contributed by atoms with Crippen LogP contribution in [0, 0.1) is 13.8 Å². The predicted octanol–water partition coefficient (Wildman–Crippen LogP) is 3.84. The topological polar surface area (TPSA) is 75.7 Å². The summed E-state index contributed by atoms with van der Waals surface area (Å²) >= 11 is 0. The first-order valence-electron chi connectivity index (χ1n) is 11.0. The van der Waals surface area contributed by atoms with Gasteiger partial charge in [0.15, 0.2) is 0 Å². The Kier molecular flexibility index (Phi) is 6.93. The molecule has 172 valence electrons. The summed E-state index contributed by atoms with van der Waals surface area (Å²) in [5.74, 6) is -0.316. The number of aryl methyl sites for hydroxylation is 2. The molecule has 3 aromatic carbocycles. The number of carbonyl (C=O) groups is 1. The number of morpholine rings is 1. The lowest BCUT2D eigenvalue weighted by Gasteiger charge is -2.26. The van der Waals surface area contributed by atoms with E-state index in [4.69, 9.17) is 4.74 Å². The Labute approximate surface area is 195 Å². The van der Waals surface area contributed by atoms with Crippen molar-refractivity contribution in [2.75, 3.05) is 26.3 Å². The van der Waals surface area contributed by atoms with Gasteiger partial charge >= 0.3 is 0 Å². The average Bonchev–Trinajstić information content (AvgIpc) is 2.84. The van der Waals surface area contributed by atoms with Gasteiger partial charge in [-0.05, 0) is 48.2 Å². The maximum atomic E-state index is 13.4. The molecule has 3 aromatic rings. The third-order valence-corrected chi connectivity index (χ3v) is 7.86. The molecule has 1 aliphatic rings. The van der Waals surface area contributed by atoms with Crippen LogP contribution in [-0.4, -0.2) is 44.9 Å². The Balaban J connectivity index is 1.68. The third kappa shape index (κ3) is 5.00. The zero-order valence-corrected chi connectivity index (χ0v) is 19.6. The molecule has 1 N–H and O–H groups in total. The molecule has 1 heterocycles. The van der Waals surface area contributed by atoms with Crippen molar-refractivity contribution >= 4 is 15.9 Å². The van der Waals surface area contributed by atoms with Gasteiger partial charge in [0, 0.05) is 18.7 Å². The van der Waals surface area contributed by atoms with Crippen LogP contribution in [0.3, 0.4) is 0 Å². The van der Waals surface area contributed by atoms with Crippen LogP contribution in [0.25, 0.3) is 0 Å². The van der Waals surface area contributed by atoms with E-state index < -0.39 is 10.0 Å². The van der Waals surface area contributed by atoms with Crippen molar-refractivity contribution in [3.63, 3.8) is 0 Å². The second kappa shape index (κ2) is 9.87. The van der Waals surface area contributed by atoms with Gasteiger partial charge in [0.2, 0.25) is 10.0 Å². The van der Waals surface area contributed by atoms with E-state index in [1.54, 1.807) is 12.1 Å². The van der Waals surface area contributed by atoms with Crippen LogP contribution in [0.5, 0.6) is 0 Å². The number of hydrogen-bond acceptors (Lipinski definition) is 4. The molecular weight excluding hydrogens is 436 g/mol. The van der Waals surface area contributed by atoms with Gasteiger partial charge in [0.25, 0.3) is 5.91 Å². The van der Waals surface area contributed by atoms with E-state index in [0.717, 1.165) is 16.7 Å². The zero-order valence-electron chi connectivity index (χ0n) is 18.8. The Hall–Kier alpha value is -3.00. The minimum atomic E-state index is -3.70. The molecule has 1 amide bonds. The summed E-state index contributed by atoms with van der Waals surface area (Å²) in [5.41, 5.74) is 4.07. The van der Waals surface area contributed by atoms with E-state index >= 15 is 0 Å². The fourth-order valence-corrected chi connectivity index (χ4v) is 5.48. The van der Waals surface area contributed by atoms with E-state index in [1.165, 1.54) is 10.4 Å². The SMILES string of the molecule is Cc1ccc(S(=O)(=O)N2CCOCC2)cc1C(=O)N[C@H](c1ccccc1)c1ccccc1C. The van der Waals surface area contributed by atoms with Gasteiger partial charge < -0.3 is 10.1 Å². The smallest absolute Gasteiger partial charge is 0.252 e. The molecule has 4 rings (SSSR count). The summed E-state index contributed by atoms with van der Waals surface area (Å²) in [6, 6.07) is 22.1. The maximum Gasteiger partial charge on any atom is 0.252 e. The van der Waals surface area contributed by atoms with Crippen LogP contribution < -0.4 is 5.32 Å². The third-order valence-electron chi connectivity index (χ3n) is 5.97. The summed E-state index contributed by atoms with van der Waals surface area (Å²) < 4.78 is 32.9. The Morgan fingerprint density at radius 2 is 1.58 bits per heavy atom. The fraction of sp³-hybridized carbons (Fsp3) is 0.269. The molecule has 0 aliphatic carbocycles. The van der Waals surface area contributed by atoms with Crippen molar-refractivity contribution in [1.82, 2.24) is 9.62 Å². The van der Waals surface area contributed by atoms with Crippen LogP contribution in [0.1, 0.15) is 38.7 Å². The fourth-order valence-electron chi connectivity index (χ4n) is 4.05. The lowest BCUT2D eigenvalue weighted by molar-refractivity contribution is 0.0730. The van der Waals surface area contributed by atoms with Crippen molar-refractivity contribution in [1.29, 1.82) is 0 Å². The zero-order chi connectivity index (χ0) is 23.4. The lowest BCUT2D eigenvalue weighted by Crippen LogP contribution is -2.40. The molecule has 0 unspecified atom stereocenters. The standard InChI is InChI=1S/C26H28N2O4S/c1-19-8-6-7-11-23(19)25(21-9-4-3-5-10-21)27-26(29)24-18-22(13-12-20(24)2)33(30,31)28-14-16-32-17-15-28/h3-13,18,25H,14-17H2,1-2H3,(H,27,29)/t25-/m1/s1. The molecule has 0 bridgehead atoms. The normalized spacial score (nSPS) is 15.7. The van der Waals surface area contributed by atoms with Crippen molar-refractivity contribution in [2.24, 2.45) is 0 Å². The van der Waals surface area contributed by atoms with E-state index in [0.29, 0.717) is 37.4 Å². The molecular formula is C26H28N2O4S. The molecule has 0 aromatic heterocycles. The summed E-state index contributed by atoms with van der Waals surface area (Å²) in [5, 5.41) is 3.14. The van der Waals surface area contributed by atoms with E-state index in [9.17, 15) is 13.2 Å². The summed E-state index contributed by atoms with van der Waals surface area (Å²) in [4.78, 5) is 13.6. The highest BCUT2D eigenvalue weighted by atomic mass is 32.2. The highest BCUT2D eigenvalue weighted by molar-refractivity contribution is 7.89. The van der Waals surface area contributed by atoms with Crippen LogP contribution in [-0.2, 0) is 14.8 Å². The minimum Gasteiger partial charge on any atom is -0.379 e. The number of amides is 1. The van der Waals surface area contributed by atoms with Gasteiger partial charge in [-0.15, -0.1) is 0 Å². The summed E-state index contributed by atoms with van der Waals surface area (Å²) in [6.07, 6.45) is 0. The second-order valence-electron chi connectivity index (χ2n) is 8.17. The van der Waals surface area contributed by atoms with Crippen LogP contribution in [0.15, 0.2) is 77.7 Å². The molecule has 7 heteroatoms. The monoisotopic (exact) mass is 464 g/mol. The Morgan fingerprint density at radius 1 is 0.909 bits per heavy atom. The molecule has 1 fully saturated rings. The van der Waals surface area contributed by atoms with Gasteiger partial charge in [-0.1, -0.05) is 60.7 Å². The van der Waals surface area contributed by atoms with E-state index in [2.05, 4.69) is 5.32 Å². The average molecular weight is 465 g/mol. The first kappa shape index (κ1) is 23.2. The number of benzene rings is 3. The number of sulfonamides is 1. The van der Waals surface area contributed by atoms with Crippen molar-refractivity contribution in [2.45, 2.75) is 24.8 Å². The molecule has 0 radical (unpaired) electrons. The molecule has 1 atom stereocenters. The minimum absolute atomic E-state index is 0.118. The van der Waals surface area contributed by atoms with Gasteiger partial charge in [-0.25, -0.2) is 8.42 Å². The van der Waals surface area contributed by atoms with Gasteiger partial charge in [-0.3, -0.25) is 4.79 Å². The highest BCUT2D eigenvalue weighted by Gasteiger charge is 2.28. The highest BCUT2D eigenvalue weighted by Crippen LogP contribution is 2.26. The maximum absolute atomic E-state index is 13.4. The predicted molar refractivity (Wildman–Crippen MR) is 128 cm³/mol. The lowest BCUT2D eigenvalue weighted by atomic mass is 9.94. The number of rotatable bonds is 6. The number of nitrogens with one attached hydrogen (secondary N) is 1. The number of ether oxygens (including phenoxy) is 1. The molecule has 6 nitrogen and oxygen atoms in total. The van der Waals surface area contributed by atoms with Gasteiger partial charge in [-0.2, -0.15) is 4.31 Å². The summed E-state index contributed by atoms with van der Waals surface area (Å²) in [6.45, 7) is 5.17. The van der Waals surface area contributed by atoms with Crippen molar-refractivity contribution in [3.05, 3.63) is 101 Å².